The fourth-order valence-corrected chi connectivity index (χ4v) is 3.37. The Morgan fingerprint density at radius 2 is 1.45 bits per heavy atom. The third kappa shape index (κ3) is 3.02. The molecule has 22 heavy (non-hydrogen) atoms. The zero-order valence-electron chi connectivity index (χ0n) is 14.7. The molecule has 0 fully saturated rings. The summed E-state index contributed by atoms with van der Waals surface area (Å²) in [6, 6.07) is 13.9. The minimum Gasteiger partial charge on any atom is -0.0613 e. The van der Waals surface area contributed by atoms with E-state index in [1.54, 1.807) is 0 Å². The monoisotopic (exact) mass is 368 g/mol. The van der Waals surface area contributed by atoms with Gasteiger partial charge in [0.15, 0.2) is 0 Å². The van der Waals surface area contributed by atoms with Gasteiger partial charge in [0.25, 0.3) is 0 Å². The molecule has 0 aromatic heterocycles. The van der Waals surface area contributed by atoms with Gasteiger partial charge in [0.05, 0.1) is 0 Å². The maximum atomic E-state index is 2.41. The number of hydrogen-bond donors (Lipinski definition) is 0. The second-order valence-electron chi connectivity index (χ2n) is 8.38. The Balaban J connectivity index is 0.00000176. The van der Waals surface area contributed by atoms with Crippen molar-refractivity contribution in [2.75, 3.05) is 0 Å². The van der Waals surface area contributed by atoms with Crippen LogP contribution in [0.1, 0.15) is 63.8 Å². The van der Waals surface area contributed by atoms with E-state index < -0.39 is 0 Å². The van der Waals surface area contributed by atoms with Crippen LogP contribution < -0.4 is 0 Å². The van der Waals surface area contributed by atoms with Gasteiger partial charge in [-0.15, -0.1) is 0 Å². The van der Waals surface area contributed by atoms with Crippen LogP contribution in [0.2, 0.25) is 0 Å². The van der Waals surface area contributed by atoms with Crippen LogP contribution >= 0.6 is 0 Å². The van der Waals surface area contributed by atoms with E-state index in [1.807, 2.05) is 0 Å². The van der Waals surface area contributed by atoms with E-state index in [4.69, 9.17) is 0 Å². The topological polar surface area (TPSA) is 0 Å². The minimum atomic E-state index is 0. The van der Waals surface area contributed by atoms with Crippen molar-refractivity contribution in [1.82, 2.24) is 0 Å². The Morgan fingerprint density at radius 3 is 2.05 bits per heavy atom. The van der Waals surface area contributed by atoms with Crippen molar-refractivity contribution in [3.05, 3.63) is 58.7 Å². The fraction of sp³-hybridized carbons (Fsp3) is 0.429. The molecular weight excluding hydrogens is 343 g/mol. The predicted octanol–water partition coefficient (Wildman–Crippen LogP) is 5.85. The summed E-state index contributed by atoms with van der Waals surface area (Å²) in [6.45, 7) is 13.8. The van der Waals surface area contributed by atoms with Crippen LogP contribution in [0.25, 0.3) is 11.1 Å². The van der Waals surface area contributed by atoms with Crippen LogP contribution in [0.3, 0.4) is 0 Å². The van der Waals surface area contributed by atoms with Gasteiger partial charge in [-0.3, -0.25) is 0 Å². The van der Waals surface area contributed by atoms with E-state index >= 15 is 0 Å². The Morgan fingerprint density at radius 1 is 0.773 bits per heavy atom. The summed E-state index contributed by atoms with van der Waals surface area (Å²) in [4.78, 5) is 0. The molecule has 0 atom stereocenters. The number of fused-ring (bicyclic) bond motifs is 3. The van der Waals surface area contributed by atoms with Crippen molar-refractivity contribution in [1.29, 1.82) is 0 Å². The van der Waals surface area contributed by atoms with Gasteiger partial charge in [-0.25, -0.2) is 0 Å². The van der Waals surface area contributed by atoms with Crippen molar-refractivity contribution < 1.29 is 26.2 Å². The summed E-state index contributed by atoms with van der Waals surface area (Å²) in [5, 5.41) is 0. The minimum absolute atomic E-state index is 0. The SMILES string of the molecule is CC(C)(C)c1ccc2c(c1)-c1cccc(C(C)(C)C)c1C2.[Zr]. The van der Waals surface area contributed by atoms with Crippen molar-refractivity contribution in [2.24, 2.45) is 0 Å². The van der Waals surface area contributed by atoms with Crippen molar-refractivity contribution in [3.8, 4) is 11.1 Å². The molecule has 2 aromatic rings. The number of rotatable bonds is 0. The van der Waals surface area contributed by atoms with Crippen LogP contribution in [0.5, 0.6) is 0 Å². The van der Waals surface area contributed by atoms with Crippen LogP contribution in [0.15, 0.2) is 36.4 Å². The van der Waals surface area contributed by atoms with Gasteiger partial charge in [0.1, 0.15) is 0 Å². The zero-order valence-corrected chi connectivity index (χ0v) is 17.1. The molecule has 0 saturated heterocycles. The molecule has 114 valence electrons. The quantitative estimate of drug-likeness (QED) is 0.466. The molecular formula is C21H26Zr. The summed E-state index contributed by atoms with van der Waals surface area (Å²) in [7, 11) is 0. The summed E-state index contributed by atoms with van der Waals surface area (Å²) in [6.07, 6.45) is 1.09. The van der Waals surface area contributed by atoms with Crippen LogP contribution in [0, 0.1) is 0 Å². The van der Waals surface area contributed by atoms with E-state index in [9.17, 15) is 0 Å². The summed E-state index contributed by atoms with van der Waals surface area (Å²) < 4.78 is 0. The summed E-state index contributed by atoms with van der Waals surface area (Å²) in [5.41, 5.74) is 9.25. The van der Waals surface area contributed by atoms with E-state index in [0.29, 0.717) is 0 Å². The first-order valence-electron chi connectivity index (χ1n) is 7.94. The molecule has 0 unspecified atom stereocenters. The normalized spacial score (nSPS) is 13.4. The van der Waals surface area contributed by atoms with E-state index in [2.05, 4.69) is 77.9 Å². The molecule has 0 bridgehead atoms. The predicted molar refractivity (Wildman–Crippen MR) is 92.1 cm³/mol. The zero-order chi connectivity index (χ0) is 15.4. The molecule has 0 nitrogen and oxygen atoms in total. The van der Waals surface area contributed by atoms with Gasteiger partial charge in [-0.05, 0) is 50.6 Å². The Bertz CT molecular complexity index is 697. The maximum absolute atomic E-state index is 2.41. The average Bonchev–Trinajstić information content (AvgIpc) is 2.73. The third-order valence-corrected chi connectivity index (χ3v) is 4.62. The van der Waals surface area contributed by atoms with Gasteiger partial charge >= 0.3 is 0 Å². The van der Waals surface area contributed by atoms with Crippen LogP contribution in [-0.4, -0.2) is 0 Å². The average molecular weight is 370 g/mol. The first kappa shape index (κ1) is 17.7. The maximum Gasteiger partial charge on any atom is 0 e. The molecule has 0 amide bonds. The Kier molecular flexibility index (Phi) is 4.62. The van der Waals surface area contributed by atoms with Crippen molar-refractivity contribution >= 4 is 0 Å². The standard InChI is InChI=1S/C21H26.Zr/c1-20(2,3)15-11-10-14-12-18-16(17(14)13-15)8-7-9-19(18)21(4,5)6;/h7-11,13H,12H2,1-6H3;. The van der Waals surface area contributed by atoms with Crippen LogP contribution in [-0.2, 0) is 43.5 Å². The van der Waals surface area contributed by atoms with Gasteiger partial charge < -0.3 is 0 Å². The molecule has 0 N–H and O–H groups in total. The van der Waals surface area contributed by atoms with E-state index in [0.717, 1.165) is 6.42 Å². The summed E-state index contributed by atoms with van der Waals surface area (Å²) in [5.74, 6) is 0. The van der Waals surface area contributed by atoms with Gasteiger partial charge in [-0.2, -0.15) is 0 Å². The molecule has 1 aliphatic rings. The van der Waals surface area contributed by atoms with Gasteiger partial charge in [0, 0.05) is 26.2 Å². The Hall–Kier alpha value is -0.677. The number of hydrogen-bond acceptors (Lipinski definition) is 0. The van der Waals surface area contributed by atoms with Crippen molar-refractivity contribution in [2.45, 2.75) is 58.8 Å². The Labute approximate surface area is 154 Å². The molecule has 1 aliphatic carbocycles. The molecule has 0 aliphatic heterocycles. The first-order valence-corrected chi connectivity index (χ1v) is 7.94. The van der Waals surface area contributed by atoms with E-state index in [1.165, 1.54) is 33.4 Å². The molecule has 2 aromatic carbocycles. The van der Waals surface area contributed by atoms with Gasteiger partial charge in [0.2, 0.25) is 0 Å². The third-order valence-electron chi connectivity index (χ3n) is 4.62. The smallest absolute Gasteiger partial charge is 0 e. The molecule has 0 spiro atoms. The van der Waals surface area contributed by atoms with E-state index in [-0.39, 0.29) is 37.0 Å². The van der Waals surface area contributed by atoms with Crippen molar-refractivity contribution in [3.63, 3.8) is 0 Å². The molecule has 0 heterocycles. The molecule has 1 heteroatoms. The summed E-state index contributed by atoms with van der Waals surface area (Å²) >= 11 is 0. The largest absolute Gasteiger partial charge is 0.0613 e. The first-order chi connectivity index (χ1) is 9.68. The van der Waals surface area contributed by atoms with Crippen LogP contribution in [0.4, 0.5) is 0 Å². The second kappa shape index (κ2) is 5.75. The van der Waals surface area contributed by atoms with Gasteiger partial charge in [-0.1, -0.05) is 77.9 Å². The second-order valence-corrected chi connectivity index (χ2v) is 8.38. The molecule has 0 saturated carbocycles. The fourth-order valence-electron chi connectivity index (χ4n) is 3.37. The number of benzene rings is 2. The molecule has 0 radical (unpaired) electrons. The molecule has 3 rings (SSSR count).